The molecule has 0 amide bonds. The Morgan fingerprint density at radius 1 is 1.11 bits per heavy atom. The maximum absolute atomic E-state index is 13.9. The first-order chi connectivity index (χ1) is 8.76. The molecule has 1 atom stereocenters. The lowest BCUT2D eigenvalue weighted by atomic mass is 9.79. The van der Waals surface area contributed by atoms with E-state index in [9.17, 15) is 4.39 Å². The van der Waals surface area contributed by atoms with Gasteiger partial charge in [-0.3, -0.25) is 0 Å². The molecule has 0 bridgehead atoms. The minimum atomic E-state index is -0.0902. The van der Waals surface area contributed by atoms with Crippen LogP contribution in [-0.2, 0) is 0 Å². The van der Waals surface area contributed by atoms with E-state index in [1.165, 1.54) is 12.8 Å². The van der Waals surface area contributed by atoms with E-state index >= 15 is 0 Å². The SMILES string of the molecule is CNC1CCC(C(NC)c2ccccc2F)CC1. The van der Waals surface area contributed by atoms with E-state index < -0.39 is 0 Å². The van der Waals surface area contributed by atoms with E-state index in [0.717, 1.165) is 18.4 Å². The van der Waals surface area contributed by atoms with Crippen molar-refractivity contribution in [2.24, 2.45) is 5.92 Å². The number of hydrogen-bond acceptors (Lipinski definition) is 2. The molecule has 1 aliphatic rings. The van der Waals surface area contributed by atoms with Crippen LogP contribution in [0, 0.1) is 11.7 Å². The summed E-state index contributed by atoms with van der Waals surface area (Å²) in [5.41, 5.74) is 0.813. The summed E-state index contributed by atoms with van der Waals surface area (Å²) in [4.78, 5) is 0. The molecular weight excluding hydrogens is 227 g/mol. The highest BCUT2D eigenvalue weighted by Crippen LogP contribution is 2.35. The second-order valence-electron chi connectivity index (χ2n) is 5.19. The monoisotopic (exact) mass is 250 g/mol. The lowest BCUT2D eigenvalue weighted by molar-refractivity contribution is 0.244. The Hall–Kier alpha value is -0.930. The minimum absolute atomic E-state index is 0.0902. The first-order valence-corrected chi connectivity index (χ1v) is 6.85. The summed E-state index contributed by atoms with van der Waals surface area (Å²) in [6, 6.07) is 7.91. The zero-order valence-corrected chi connectivity index (χ0v) is 11.2. The molecule has 1 aliphatic carbocycles. The summed E-state index contributed by atoms with van der Waals surface area (Å²) in [5.74, 6) is 0.448. The number of rotatable bonds is 4. The van der Waals surface area contributed by atoms with Crippen molar-refractivity contribution in [2.45, 2.75) is 37.8 Å². The van der Waals surface area contributed by atoms with Gasteiger partial charge in [0.15, 0.2) is 0 Å². The van der Waals surface area contributed by atoms with Crippen molar-refractivity contribution < 1.29 is 4.39 Å². The van der Waals surface area contributed by atoms with E-state index in [2.05, 4.69) is 10.6 Å². The van der Waals surface area contributed by atoms with Gasteiger partial charge in [-0.1, -0.05) is 18.2 Å². The Morgan fingerprint density at radius 2 is 1.78 bits per heavy atom. The molecule has 0 saturated heterocycles. The molecule has 1 aromatic rings. The van der Waals surface area contributed by atoms with Gasteiger partial charge in [-0.25, -0.2) is 4.39 Å². The van der Waals surface area contributed by atoms with Gasteiger partial charge in [0, 0.05) is 17.6 Å². The zero-order valence-electron chi connectivity index (χ0n) is 11.2. The van der Waals surface area contributed by atoms with Crippen molar-refractivity contribution in [1.82, 2.24) is 10.6 Å². The summed E-state index contributed by atoms with van der Waals surface area (Å²) >= 11 is 0. The lowest BCUT2D eigenvalue weighted by Crippen LogP contribution is -2.35. The number of hydrogen-bond donors (Lipinski definition) is 2. The largest absolute Gasteiger partial charge is 0.317 e. The summed E-state index contributed by atoms with van der Waals surface area (Å²) in [7, 11) is 3.96. The first-order valence-electron chi connectivity index (χ1n) is 6.85. The fourth-order valence-corrected chi connectivity index (χ4v) is 3.11. The van der Waals surface area contributed by atoms with Gasteiger partial charge in [-0.2, -0.15) is 0 Å². The van der Waals surface area contributed by atoms with E-state index in [1.807, 2.05) is 26.2 Å². The van der Waals surface area contributed by atoms with Crippen molar-refractivity contribution in [3.63, 3.8) is 0 Å². The van der Waals surface area contributed by atoms with Crippen molar-refractivity contribution in [3.05, 3.63) is 35.6 Å². The zero-order chi connectivity index (χ0) is 13.0. The maximum Gasteiger partial charge on any atom is 0.127 e. The molecule has 1 saturated carbocycles. The summed E-state index contributed by atoms with van der Waals surface area (Å²) in [6.07, 6.45) is 4.69. The van der Waals surface area contributed by atoms with Crippen LogP contribution >= 0.6 is 0 Å². The highest BCUT2D eigenvalue weighted by molar-refractivity contribution is 5.22. The van der Waals surface area contributed by atoms with Crippen LogP contribution in [0.4, 0.5) is 4.39 Å². The normalized spacial score (nSPS) is 25.9. The van der Waals surface area contributed by atoms with E-state index in [-0.39, 0.29) is 11.9 Å². The highest BCUT2D eigenvalue weighted by Gasteiger charge is 2.28. The maximum atomic E-state index is 13.9. The molecule has 0 aromatic heterocycles. The second-order valence-corrected chi connectivity index (χ2v) is 5.19. The van der Waals surface area contributed by atoms with Gasteiger partial charge in [0.25, 0.3) is 0 Å². The third-order valence-electron chi connectivity index (χ3n) is 4.20. The predicted molar refractivity (Wildman–Crippen MR) is 73.0 cm³/mol. The Labute approximate surface area is 109 Å². The topological polar surface area (TPSA) is 24.1 Å². The first kappa shape index (κ1) is 13.5. The van der Waals surface area contributed by atoms with Gasteiger partial charge >= 0.3 is 0 Å². The van der Waals surface area contributed by atoms with Gasteiger partial charge in [-0.15, -0.1) is 0 Å². The Morgan fingerprint density at radius 3 is 2.33 bits per heavy atom. The van der Waals surface area contributed by atoms with Crippen LogP contribution in [-0.4, -0.2) is 20.1 Å². The Kier molecular flexibility index (Phi) is 4.72. The van der Waals surface area contributed by atoms with Crippen LogP contribution < -0.4 is 10.6 Å². The molecule has 1 fully saturated rings. The lowest BCUT2D eigenvalue weighted by Gasteiger charge is -2.34. The number of nitrogens with one attached hydrogen (secondary N) is 2. The van der Waals surface area contributed by atoms with Gasteiger partial charge < -0.3 is 10.6 Å². The molecular formula is C15H23FN2. The Bertz CT molecular complexity index is 373. The summed E-state index contributed by atoms with van der Waals surface area (Å²) < 4.78 is 13.9. The molecule has 2 nitrogen and oxygen atoms in total. The molecule has 100 valence electrons. The number of benzene rings is 1. The van der Waals surface area contributed by atoms with Crippen molar-refractivity contribution >= 4 is 0 Å². The van der Waals surface area contributed by atoms with Crippen molar-refractivity contribution in [3.8, 4) is 0 Å². The predicted octanol–water partition coefficient (Wildman–Crippen LogP) is 2.86. The third-order valence-corrected chi connectivity index (χ3v) is 4.20. The van der Waals surface area contributed by atoms with Crippen LogP contribution in [0.25, 0.3) is 0 Å². The fraction of sp³-hybridized carbons (Fsp3) is 0.600. The van der Waals surface area contributed by atoms with Gasteiger partial charge in [-0.05, 0) is 51.8 Å². The fourth-order valence-electron chi connectivity index (χ4n) is 3.11. The van der Waals surface area contributed by atoms with Gasteiger partial charge in [0.05, 0.1) is 0 Å². The van der Waals surface area contributed by atoms with Gasteiger partial charge in [0.1, 0.15) is 5.82 Å². The highest BCUT2D eigenvalue weighted by atomic mass is 19.1. The van der Waals surface area contributed by atoms with Crippen LogP contribution in [0.3, 0.4) is 0 Å². The van der Waals surface area contributed by atoms with E-state index in [1.54, 1.807) is 12.1 Å². The molecule has 1 aromatic carbocycles. The molecule has 3 heteroatoms. The second kappa shape index (κ2) is 6.30. The molecule has 2 N–H and O–H groups in total. The molecule has 0 radical (unpaired) electrons. The summed E-state index contributed by atoms with van der Waals surface area (Å²) in [6.45, 7) is 0. The molecule has 2 rings (SSSR count). The molecule has 0 spiro atoms. The van der Waals surface area contributed by atoms with Crippen molar-refractivity contribution in [2.75, 3.05) is 14.1 Å². The molecule has 0 heterocycles. The van der Waals surface area contributed by atoms with Gasteiger partial charge in [0.2, 0.25) is 0 Å². The third kappa shape index (κ3) is 2.90. The van der Waals surface area contributed by atoms with Crippen LogP contribution in [0.2, 0.25) is 0 Å². The van der Waals surface area contributed by atoms with E-state index in [4.69, 9.17) is 0 Å². The molecule has 18 heavy (non-hydrogen) atoms. The van der Waals surface area contributed by atoms with Crippen LogP contribution in [0.15, 0.2) is 24.3 Å². The minimum Gasteiger partial charge on any atom is -0.317 e. The number of halogens is 1. The van der Waals surface area contributed by atoms with Crippen LogP contribution in [0.5, 0.6) is 0 Å². The summed E-state index contributed by atoms with van der Waals surface area (Å²) in [5, 5.41) is 6.64. The quantitative estimate of drug-likeness (QED) is 0.858. The molecule has 0 aliphatic heterocycles. The van der Waals surface area contributed by atoms with Crippen molar-refractivity contribution in [1.29, 1.82) is 0 Å². The average molecular weight is 250 g/mol. The smallest absolute Gasteiger partial charge is 0.127 e. The van der Waals surface area contributed by atoms with E-state index in [0.29, 0.717) is 12.0 Å². The molecule has 1 unspecified atom stereocenters. The average Bonchev–Trinajstić information content (AvgIpc) is 2.42. The Balaban J connectivity index is 2.08. The van der Waals surface area contributed by atoms with Crippen LogP contribution in [0.1, 0.15) is 37.3 Å². The standard InChI is InChI=1S/C15H23FN2/c1-17-12-9-7-11(8-10-12)15(18-2)13-5-3-4-6-14(13)16/h3-6,11-12,15,17-18H,7-10H2,1-2H3.